The molecule has 8 heteroatoms. The van der Waals surface area contributed by atoms with Crippen molar-refractivity contribution in [2.75, 3.05) is 19.6 Å². The number of aryl methyl sites for hydroxylation is 1. The number of aromatic nitrogens is 2. The number of nitrogens with zero attached hydrogens (tertiary/aromatic N) is 4. The topological polar surface area (TPSA) is 75.5 Å². The number of benzene rings is 1. The number of carbonyl (C=O) groups excluding carboxylic acids is 1. The van der Waals surface area contributed by atoms with Crippen LogP contribution in [0.5, 0.6) is 0 Å². The number of hydrogen-bond acceptors (Lipinski definition) is 4. The van der Waals surface area contributed by atoms with Crippen molar-refractivity contribution in [1.82, 2.24) is 18.8 Å². The van der Waals surface area contributed by atoms with Crippen LogP contribution in [0.3, 0.4) is 0 Å². The normalized spacial score (nSPS) is 20.5. The summed E-state index contributed by atoms with van der Waals surface area (Å²) in [6.07, 6.45) is 4.94. The Balaban J connectivity index is 1.42. The Morgan fingerprint density at radius 3 is 2.48 bits per heavy atom. The van der Waals surface area contributed by atoms with Gasteiger partial charge in [-0.15, -0.1) is 0 Å². The molecule has 1 amide bonds. The van der Waals surface area contributed by atoms with Gasteiger partial charge in [-0.1, -0.05) is 30.3 Å². The van der Waals surface area contributed by atoms with Crippen LogP contribution < -0.4 is 0 Å². The largest absolute Gasteiger partial charge is 0.339 e. The molecular formula is C19H24N4O3S. The molecule has 144 valence electrons. The highest BCUT2D eigenvalue weighted by molar-refractivity contribution is 7.89. The van der Waals surface area contributed by atoms with Gasteiger partial charge in [-0.2, -0.15) is 4.31 Å². The molecule has 0 bridgehead atoms. The van der Waals surface area contributed by atoms with Crippen LogP contribution in [0.2, 0.25) is 0 Å². The van der Waals surface area contributed by atoms with Gasteiger partial charge in [0.1, 0.15) is 0 Å². The first-order valence-corrected chi connectivity index (χ1v) is 10.6. The first-order valence-electron chi connectivity index (χ1n) is 9.18. The van der Waals surface area contributed by atoms with E-state index in [9.17, 15) is 13.2 Å². The van der Waals surface area contributed by atoms with E-state index < -0.39 is 10.0 Å². The van der Waals surface area contributed by atoms with E-state index in [2.05, 4.69) is 4.98 Å². The average molecular weight is 388 g/mol. The number of rotatable bonds is 4. The minimum atomic E-state index is -3.56. The Morgan fingerprint density at radius 2 is 1.85 bits per heavy atom. The van der Waals surface area contributed by atoms with E-state index in [-0.39, 0.29) is 16.3 Å². The van der Waals surface area contributed by atoms with Crippen molar-refractivity contribution in [3.63, 3.8) is 0 Å². The van der Waals surface area contributed by atoms with E-state index in [0.717, 1.165) is 5.56 Å². The number of likely N-dealkylation sites (tertiary alicyclic amines) is 1. The molecule has 1 spiro atoms. The van der Waals surface area contributed by atoms with Crippen molar-refractivity contribution in [2.45, 2.75) is 30.8 Å². The summed E-state index contributed by atoms with van der Waals surface area (Å²) in [4.78, 5) is 18.4. The van der Waals surface area contributed by atoms with Gasteiger partial charge in [-0.05, 0) is 23.8 Å². The summed E-state index contributed by atoms with van der Waals surface area (Å²) >= 11 is 0. The van der Waals surface area contributed by atoms with Gasteiger partial charge in [0.15, 0.2) is 5.03 Å². The van der Waals surface area contributed by atoms with Crippen molar-refractivity contribution in [3.05, 3.63) is 48.4 Å². The SMILES string of the molecule is Cn1cnc(S(=O)(=O)N2CCC3(CC2)CC(=O)N(Cc2ccccc2)C3)c1. The molecule has 2 aliphatic rings. The van der Waals surface area contributed by atoms with Gasteiger partial charge >= 0.3 is 0 Å². The lowest BCUT2D eigenvalue weighted by molar-refractivity contribution is -0.128. The van der Waals surface area contributed by atoms with Gasteiger partial charge in [0.05, 0.1) is 6.33 Å². The fourth-order valence-corrected chi connectivity index (χ4v) is 5.53. The van der Waals surface area contributed by atoms with Crippen molar-refractivity contribution in [1.29, 1.82) is 0 Å². The molecule has 2 aliphatic heterocycles. The first kappa shape index (κ1) is 18.2. The average Bonchev–Trinajstić information content (AvgIpc) is 3.21. The second-order valence-electron chi connectivity index (χ2n) is 7.69. The highest BCUT2D eigenvalue weighted by Crippen LogP contribution is 2.42. The number of sulfonamides is 1. The maximum absolute atomic E-state index is 12.7. The lowest BCUT2D eigenvalue weighted by Gasteiger charge is -2.37. The summed E-state index contributed by atoms with van der Waals surface area (Å²) in [6, 6.07) is 9.98. The van der Waals surface area contributed by atoms with Gasteiger partial charge in [0.25, 0.3) is 10.0 Å². The summed E-state index contributed by atoms with van der Waals surface area (Å²) in [5, 5.41) is 0.0918. The van der Waals surface area contributed by atoms with Crippen molar-refractivity contribution in [3.8, 4) is 0 Å². The zero-order valence-electron chi connectivity index (χ0n) is 15.4. The Hall–Kier alpha value is -2.19. The van der Waals surface area contributed by atoms with Crippen LogP contribution in [0, 0.1) is 5.41 Å². The quantitative estimate of drug-likeness (QED) is 0.798. The predicted octanol–water partition coefficient (Wildman–Crippen LogP) is 1.62. The van der Waals surface area contributed by atoms with Crippen LogP contribution in [0.15, 0.2) is 47.9 Å². The molecule has 2 aromatic rings. The Bertz CT molecular complexity index is 931. The minimum absolute atomic E-state index is 0.0918. The lowest BCUT2D eigenvalue weighted by atomic mass is 9.78. The van der Waals surface area contributed by atoms with Gasteiger partial charge in [0.2, 0.25) is 5.91 Å². The fraction of sp³-hybridized carbons (Fsp3) is 0.474. The molecule has 27 heavy (non-hydrogen) atoms. The molecule has 2 fully saturated rings. The van der Waals surface area contributed by atoms with Gasteiger partial charge in [0, 0.05) is 45.8 Å². The molecule has 0 N–H and O–H groups in total. The van der Waals surface area contributed by atoms with Crippen molar-refractivity contribution in [2.24, 2.45) is 12.5 Å². The van der Waals surface area contributed by atoms with Crippen LogP contribution in [-0.2, 0) is 28.4 Å². The third kappa shape index (κ3) is 3.51. The molecule has 3 heterocycles. The maximum atomic E-state index is 12.7. The van der Waals surface area contributed by atoms with Crippen LogP contribution >= 0.6 is 0 Å². The molecule has 2 saturated heterocycles. The molecule has 1 aromatic carbocycles. The zero-order valence-corrected chi connectivity index (χ0v) is 16.2. The van der Waals surface area contributed by atoms with Crippen LogP contribution in [0.25, 0.3) is 0 Å². The summed E-state index contributed by atoms with van der Waals surface area (Å²) in [5.74, 6) is 0.167. The van der Waals surface area contributed by atoms with E-state index in [1.807, 2.05) is 35.2 Å². The molecule has 0 radical (unpaired) electrons. The first-order chi connectivity index (χ1) is 12.9. The minimum Gasteiger partial charge on any atom is -0.339 e. The van der Waals surface area contributed by atoms with E-state index >= 15 is 0 Å². The summed E-state index contributed by atoms with van der Waals surface area (Å²) in [7, 11) is -1.81. The molecule has 4 rings (SSSR count). The predicted molar refractivity (Wildman–Crippen MR) is 100 cm³/mol. The fourth-order valence-electron chi connectivity index (χ4n) is 4.12. The van der Waals surface area contributed by atoms with Crippen LogP contribution in [0.1, 0.15) is 24.8 Å². The van der Waals surface area contributed by atoms with E-state index in [1.165, 1.54) is 16.8 Å². The van der Waals surface area contributed by atoms with Gasteiger partial charge < -0.3 is 9.47 Å². The third-order valence-corrected chi connectivity index (χ3v) is 7.47. The third-order valence-electron chi connectivity index (χ3n) is 5.69. The number of piperidine rings is 1. The smallest absolute Gasteiger partial charge is 0.262 e. The number of imidazole rings is 1. The van der Waals surface area contributed by atoms with Crippen LogP contribution in [0.4, 0.5) is 0 Å². The maximum Gasteiger partial charge on any atom is 0.262 e. The Kier molecular flexibility index (Phi) is 4.55. The highest BCUT2D eigenvalue weighted by Gasteiger charge is 2.46. The standard InChI is InChI=1S/C19H24N4O3S/c1-21-13-17(20-15-21)27(25,26)23-9-7-19(8-10-23)11-18(24)22(14-19)12-16-5-3-2-4-6-16/h2-6,13,15H,7-12,14H2,1H3. The van der Waals surface area contributed by atoms with Crippen molar-refractivity contribution < 1.29 is 13.2 Å². The monoisotopic (exact) mass is 388 g/mol. The van der Waals surface area contributed by atoms with E-state index in [0.29, 0.717) is 45.4 Å². The molecule has 1 aromatic heterocycles. The molecule has 0 aliphatic carbocycles. The number of hydrogen-bond donors (Lipinski definition) is 0. The Morgan fingerprint density at radius 1 is 1.15 bits per heavy atom. The Labute approximate surface area is 159 Å². The highest BCUT2D eigenvalue weighted by atomic mass is 32.2. The van der Waals surface area contributed by atoms with E-state index in [1.54, 1.807) is 11.6 Å². The molecule has 0 atom stereocenters. The van der Waals surface area contributed by atoms with E-state index in [4.69, 9.17) is 0 Å². The summed E-state index contributed by atoms with van der Waals surface area (Å²) in [5.41, 5.74) is 1.01. The molecular weight excluding hydrogens is 364 g/mol. The zero-order chi connectivity index (χ0) is 19.1. The van der Waals surface area contributed by atoms with Crippen molar-refractivity contribution >= 4 is 15.9 Å². The second kappa shape index (κ2) is 6.76. The summed E-state index contributed by atoms with van der Waals surface area (Å²) in [6.45, 7) is 2.20. The molecule has 7 nitrogen and oxygen atoms in total. The number of carbonyl (C=O) groups is 1. The van der Waals surface area contributed by atoms with Gasteiger partial charge in [-0.25, -0.2) is 13.4 Å². The van der Waals surface area contributed by atoms with Crippen LogP contribution in [-0.4, -0.2) is 52.7 Å². The van der Waals surface area contributed by atoms with Gasteiger partial charge in [-0.3, -0.25) is 4.79 Å². The molecule has 0 unspecified atom stereocenters. The lowest BCUT2D eigenvalue weighted by Crippen LogP contribution is -2.44. The number of amides is 1. The second-order valence-corrected chi connectivity index (χ2v) is 9.58. The summed E-state index contributed by atoms with van der Waals surface area (Å²) < 4.78 is 28.6. The molecule has 0 saturated carbocycles.